The molecule has 0 saturated heterocycles. The van der Waals surface area contributed by atoms with E-state index < -0.39 is 11.4 Å². The second-order valence-electron chi connectivity index (χ2n) is 6.67. The predicted octanol–water partition coefficient (Wildman–Crippen LogP) is -0.0652. The number of hydrogen-bond acceptors (Lipinski definition) is 6. The number of nitrogens with two attached hydrogens (primary N) is 1. The maximum Gasteiger partial charge on any atom is 0.426 e. The van der Waals surface area contributed by atoms with Crippen LogP contribution in [0.25, 0.3) is 0 Å². The molecule has 3 aromatic rings. The Balaban J connectivity index is 2.00. The summed E-state index contributed by atoms with van der Waals surface area (Å²) in [7, 11) is 1.45. The fraction of sp³-hybridized carbons (Fsp3) is 0.238. The van der Waals surface area contributed by atoms with Gasteiger partial charge in [-0.05, 0) is 22.3 Å². The van der Waals surface area contributed by atoms with E-state index in [1.165, 1.54) is 11.6 Å². The van der Waals surface area contributed by atoms with Crippen LogP contribution in [0.5, 0.6) is 0 Å². The molecule has 156 valence electrons. The molecule has 3 N–H and O–H groups in total. The zero-order valence-corrected chi connectivity index (χ0v) is 16.6. The first-order chi connectivity index (χ1) is 14.5. The minimum atomic E-state index is -0.779. The molecule has 1 aromatic heterocycles. The average Bonchev–Trinajstić information content (AvgIpc) is 2.77. The Labute approximate surface area is 172 Å². The standard InChI is InChI=1S/C21H23N5O4/c1-23-19-25(12-18-7-3-5-16(9-18)11-24-14-27)20(28)26(21(29)30-19)13-17-6-2-4-15(8-17)10-22/h2-9,14H,10-13,22H2,1H3,(H,24,27). The third-order valence-corrected chi connectivity index (χ3v) is 4.57. The van der Waals surface area contributed by atoms with Crippen molar-refractivity contribution in [2.45, 2.75) is 26.2 Å². The van der Waals surface area contributed by atoms with Crippen LogP contribution in [-0.4, -0.2) is 22.6 Å². The summed E-state index contributed by atoms with van der Waals surface area (Å²) in [5, 5.41) is 2.60. The summed E-state index contributed by atoms with van der Waals surface area (Å²) in [6, 6.07) is 14.8. The Kier molecular flexibility index (Phi) is 6.76. The van der Waals surface area contributed by atoms with Crippen LogP contribution >= 0.6 is 0 Å². The molecule has 9 heteroatoms. The molecule has 0 bridgehead atoms. The topological polar surface area (TPSA) is 125 Å². The number of nitrogens with one attached hydrogen (secondary N) is 1. The minimum Gasteiger partial charge on any atom is -0.375 e. The van der Waals surface area contributed by atoms with Crippen LogP contribution < -0.4 is 28.2 Å². The first-order valence-electron chi connectivity index (χ1n) is 9.36. The summed E-state index contributed by atoms with van der Waals surface area (Å²) in [4.78, 5) is 40.0. The molecular weight excluding hydrogens is 386 g/mol. The van der Waals surface area contributed by atoms with Gasteiger partial charge in [-0.3, -0.25) is 4.79 Å². The molecule has 0 spiro atoms. The van der Waals surface area contributed by atoms with Gasteiger partial charge in [0.05, 0.1) is 13.1 Å². The Bertz CT molecular complexity index is 1220. The maximum absolute atomic E-state index is 13.1. The van der Waals surface area contributed by atoms with Gasteiger partial charge in [-0.2, -0.15) is 0 Å². The summed E-state index contributed by atoms with van der Waals surface area (Å²) >= 11 is 0. The molecule has 2 aromatic carbocycles. The Morgan fingerprint density at radius 1 is 1.00 bits per heavy atom. The van der Waals surface area contributed by atoms with Gasteiger partial charge < -0.3 is 15.5 Å². The molecule has 0 aliphatic heterocycles. The van der Waals surface area contributed by atoms with Crippen molar-refractivity contribution < 1.29 is 9.21 Å². The Morgan fingerprint density at radius 2 is 1.60 bits per heavy atom. The molecule has 30 heavy (non-hydrogen) atoms. The van der Waals surface area contributed by atoms with Gasteiger partial charge in [0.15, 0.2) is 0 Å². The molecule has 3 rings (SSSR count). The van der Waals surface area contributed by atoms with E-state index in [1.54, 1.807) is 0 Å². The van der Waals surface area contributed by atoms with Crippen LogP contribution in [-0.2, 0) is 31.0 Å². The molecule has 0 fully saturated rings. The van der Waals surface area contributed by atoms with Crippen molar-refractivity contribution in [2.24, 2.45) is 10.7 Å². The highest BCUT2D eigenvalue weighted by molar-refractivity contribution is 5.46. The highest BCUT2D eigenvalue weighted by Gasteiger charge is 2.12. The van der Waals surface area contributed by atoms with E-state index in [0.29, 0.717) is 19.5 Å². The fourth-order valence-corrected chi connectivity index (χ4v) is 3.15. The lowest BCUT2D eigenvalue weighted by atomic mass is 10.1. The van der Waals surface area contributed by atoms with E-state index in [9.17, 15) is 14.4 Å². The number of aromatic nitrogens is 2. The van der Waals surface area contributed by atoms with Gasteiger partial charge in [0.2, 0.25) is 6.41 Å². The number of hydrogen-bond donors (Lipinski definition) is 2. The number of amides is 1. The number of rotatable bonds is 8. The van der Waals surface area contributed by atoms with Crippen LogP contribution in [0.3, 0.4) is 0 Å². The van der Waals surface area contributed by atoms with Crippen LogP contribution in [0.2, 0.25) is 0 Å². The molecular formula is C21H23N5O4. The summed E-state index contributed by atoms with van der Waals surface area (Å²) < 4.78 is 7.62. The largest absolute Gasteiger partial charge is 0.426 e. The van der Waals surface area contributed by atoms with Crippen molar-refractivity contribution in [1.29, 1.82) is 0 Å². The van der Waals surface area contributed by atoms with Gasteiger partial charge in [-0.1, -0.05) is 48.5 Å². The van der Waals surface area contributed by atoms with E-state index >= 15 is 0 Å². The van der Waals surface area contributed by atoms with Crippen molar-refractivity contribution in [3.63, 3.8) is 0 Å². The lowest BCUT2D eigenvalue weighted by molar-refractivity contribution is -0.109. The van der Waals surface area contributed by atoms with Gasteiger partial charge in [0.1, 0.15) is 0 Å². The summed E-state index contributed by atoms with van der Waals surface area (Å²) in [5.41, 5.74) is 8.44. The number of benzene rings is 2. The molecule has 1 heterocycles. The zero-order valence-electron chi connectivity index (χ0n) is 16.6. The first-order valence-corrected chi connectivity index (χ1v) is 9.36. The molecule has 0 atom stereocenters. The fourth-order valence-electron chi connectivity index (χ4n) is 3.15. The van der Waals surface area contributed by atoms with E-state index in [-0.39, 0.29) is 18.8 Å². The number of carbonyl (C=O) groups is 1. The molecule has 0 aliphatic rings. The zero-order chi connectivity index (χ0) is 21.5. The molecule has 0 radical (unpaired) electrons. The van der Waals surface area contributed by atoms with Gasteiger partial charge >= 0.3 is 17.1 Å². The minimum absolute atomic E-state index is 0.0578. The smallest absolute Gasteiger partial charge is 0.375 e. The molecule has 0 unspecified atom stereocenters. The van der Waals surface area contributed by atoms with E-state index in [2.05, 4.69) is 10.3 Å². The number of carbonyl (C=O) groups excluding carboxylic acids is 1. The van der Waals surface area contributed by atoms with Crippen LogP contribution in [0.1, 0.15) is 22.3 Å². The third-order valence-electron chi connectivity index (χ3n) is 4.57. The lowest BCUT2D eigenvalue weighted by Gasteiger charge is -2.11. The maximum atomic E-state index is 13.1. The van der Waals surface area contributed by atoms with Crippen LogP contribution in [0, 0.1) is 0 Å². The van der Waals surface area contributed by atoms with Crippen LogP contribution in [0.4, 0.5) is 0 Å². The summed E-state index contributed by atoms with van der Waals surface area (Å²) in [6.07, 6.45) is 0.625. The first kappa shape index (κ1) is 21.0. The van der Waals surface area contributed by atoms with Crippen molar-refractivity contribution in [2.75, 3.05) is 7.05 Å². The third kappa shape index (κ3) is 4.81. The quantitative estimate of drug-likeness (QED) is 0.504. The monoisotopic (exact) mass is 409 g/mol. The van der Waals surface area contributed by atoms with Gasteiger partial charge in [0.25, 0.3) is 0 Å². The normalized spacial score (nSPS) is 11.5. The van der Waals surface area contributed by atoms with Gasteiger partial charge in [-0.15, -0.1) is 0 Å². The lowest BCUT2D eigenvalue weighted by Crippen LogP contribution is -2.47. The highest BCUT2D eigenvalue weighted by Crippen LogP contribution is 2.07. The predicted molar refractivity (Wildman–Crippen MR) is 111 cm³/mol. The highest BCUT2D eigenvalue weighted by atomic mass is 16.4. The summed E-state index contributed by atoms with van der Waals surface area (Å²) in [6.45, 7) is 0.953. The molecule has 0 aliphatic carbocycles. The molecule has 9 nitrogen and oxygen atoms in total. The number of nitrogens with zero attached hydrogens (tertiary/aromatic N) is 3. The second kappa shape index (κ2) is 9.66. The van der Waals surface area contributed by atoms with Crippen molar-refractivity contribution >= 4 is 6.41 Å². The molecule has 0 saturated carbocycles. The average molecular weight is 409 g/mol. The molecule has 1 amide bonds. The Morgan fingerprint density at radius 3 is 2.23 bits per heavy atom. The van der Waals surface area contributed by atoms with E-state index in [0.717, 1.165) is 26.8 Å². The Hall–Kier alpha value is -3.72. The van der Waals surface area contributed by atoms with Crippen molar-refractivity contribution in [3.05, 3.63) is 97.5 Å². The van der Waals surface area contributed by atoms with E-state index in [4.69, 9.17) is 10.2 Å². The van der Waals surface area contributed by atoms with Crippen LogP contribution in [0.15, 0.2) is 67.5 Å². The van der Waals surface area contributed by atoms with Gasteiger partial charge in [-0.25, -0.2) is 23.7 Å². The van der Waals surface area contributed by atoms with Crippen molar-refractivity contribution in [1.82, 2.24) is 14.5 Å². The second-order valence-corrected chi connectivity index (χ2v) is 6.67. The summed E-state index contributed by atoms with van der Waals surface area (Å²) in [5.74, 6) is -0.779. The van der Waals surface area contributed by atoms with Crippen molar-refractivity contribution in [3.8, 4) is 0 Å². The SMILES string of the molecule is CN=c1oc(=O)n(Cc2cccc(CN)c2)c(=O)n1Cc1cccc(CNC=O)c1. The van der Waals surface area contributed by atoms with Gasteiger partial charge in [0, 0.05) is 20.1 Å². The van der Waals surface area contributed by atoms with E-state index in [1.807, 2.05) is 48.5 Å².